The van der Waals surface area contributed by atoms with Gasteiger partial charge in [0.25, 0.3) is 0 Å². The van der Waals surface area contributed by atoms with Crippen molar-refractivity contribution in [2.75, 3.05) is 48.8 Å². The second-order valence-corrected chi connectivity index (χ2v) is 24.1. The van der Waals surface area contributed by atoms with Crippen LogP contribution in [0.25, 0.3) is 0 Å². The van der Waals surface area contributed by atoms with Gasteiger partial charge in [-0.05, 0) is 88.9 Å². The predicted octanol–water partition coefficient (Wildman–Crippen LogP) is 1.90. The number of amides is 11. The number of allylic oxidation sites excluding steroid dienone is 2. The number of nitrogens with zero attached hydrogens (tertiary/aromatic N) is 6. The Bertz CT molecular complexity index is 2220. The molecule has 1 fully saturated rings. The van der Waals surface area contributed by atoms with Crippen LogP contribution in [0.5, 0.6) is 0 Å². The third kappa shape index (κ3) is 20.7. The molecule has 0 aliphatic carbocycles. The molecule has 1 heterocycles. The zero-order valence-electron chi connectivity index (χ0n) is 52.8. The lowest BCUT2D eigenvalue weighted by Gasteiger charge is -2.40. The van der Waals surface area contributed by atoms with E-state index in [2.05, 4.69) is 26.6 Å². The van der Waals surface area contributed by atoms with E-state index >= 15 is 0 Å². The minimum Gasteiger partial charge on any atom is -0.390 e. The summed E-state index contributed by atoms with van der Waals surface area (Å²) < 4.78 is 0. The summed E-state index contributed by atoms with van der Waals surface area (Å²) in [6, 6.07) is -11.7. The Kier molecular flexibility index (Phi) is 29.8. The van der Waals surface area contributed by atoms with Crippen LogP contribution in [0.15, 0.2) is 12.2 Å². The van der Waals surface area contributed by atoms with Crippen LogP contribution in [0.3, 0.4) is 0 Å². The summed E-state index contributed by atoms with van der Waals surface area (Å²) in [4.78, 5) is 163. The number of carbonyl (C=O) groups excluding carboxylic acids is 11. The van der Waals surface area contributed by atoms with E-state index in [9.17, 15) is 57.8 Å². The minimum atomic E-state index is -1.58. The Hall–Kier alpha value is -6.13. The molecule has 12 atom stereocenters. The number of nitrogens with one attached hydrogen (secondary N) is 5. The number of hydrogen-bond acceptors (Lipinski definition) is 12. The van der Waals surface area contributed by atoms with Crippen molar-refractivity contribution in [1.29, 1.82) is 0 Å². The Labute approximate surface area is 483 Å². The molecule has 0 radical (unpaired) electrons. The van der Waals surface area contributed by atoms with Gasteiger partial charge >= 0.3 is 0 Å². The fourth-order valence-electron chi connectivity index (χ4n) is 9.87. The molecule has 23 nitrogen and oxygen atoms in total. The smallest absolute Gasteiger partial charge is 0.246 e. The highest BCUT2D eigenvalue weighted by molar-refractivity contribution is 5.98. The number of carbonyl (C=O) groups is 11. The van der Waals surface area contributed by atoms with E-state index in [1.807, 2.05) is 41.5 Å². The van der Waals surface area contributed by atoms with Crippen molar-refractivity contribution in [2.45, 2.75) is 209 Å². The summed E-state index contributed by atoms with van der Waals surface area (Å²) in [5, 5.41) is 25.5. The van der Waals surface area contributed by atoms with E-state index in [0.717, 1.165) is 9.80 Å². The molecule has 0 aromatic rings. The second kappa shape index (κ2) is 33.1. The quantitative estimate of drug-likeness (QED) is 0.153. The molecular weight excluding hydrogens is 1040 g/mol. The minimum absolute atomic E-state index is 0.0307. The van der Waals surface area contributed by atoms with Gasteiger partial charge in [0.1, 0.15) is 54.4 Å². The topological polar surface area (TPSA) is 288 Å². The maximum Gasteiger partial charge on any atom is 0.246 e. The Morgan fingerprint density at radius 2 is 1.06 bits per heavy atom. The summed E-state index contributed by atoms with van der Waals surface area (Å²) in [7, 11) is 8.49. The van der Waals surface area contributed by atoms with Crippen molar-refractivity contribution in [2.24, 2.45) is 35.5 Å². The molecule has 462 valence electrons. The molecule has 0 aromatic carbocycles. The number of aliphatic hydroxyl groups is 1. The zero-order chi connectivity index (χ0) is 62.8. The van der Waals surface area contributed by atoms with E-state index < -0.39 is 156 Å². The maximum atomic E-state index is 14.9. The Morgan fingerprint density at radius 3 is 1.56 bits per heavy atom. The molecule has 0 aromatic heterocycles. The van der Waals surface area contributed by atoms with Crippen molar-refractivity contribution in [3.63, 3.8) is 0 Å². The van der Waals surface area contributed by atoms with Crippen molar-refractivity contribution in [3.05, 3.63) is 12.2 Å². The molecule has 0 bridgehead atoms. The van der Waals surface area contributed by atoms with Gasteiger partial charge in [-0.3, -0.25) is 52.7 Å². The molecular formula is C58H103N11O12. The molecule has 11 amide bonds. The van der Waals surface area contributed by atoms with Gasteiger partial charge in [-0.1, -0.05) is 95.2 Å². The van der Waals surface area contributed by atoms with Crippen LogP contribution in [0, 0.1) is 35.5 Å². The Morgan fingerprint density at radius 1 is 0.519 bits per heavy atom. The van der Waals surface area contributed by atoms with Crippen LogP contribution in [-0.4, -0.2) is 215 Å². The van der Waals surface area contributed by atoms with E-state index in [1.165, 1.54) is 82.7 Å². The molecule has 81 heavy (non-hydrogen) atoms. The number of hydrogen-bond donors (Lipinski definition) is 6. The maximum absolute atomic E-state index is 14.9. The van der Waals surface area contributed by atoms with Gasteiger partial charge in [0.05, 0.1) is 12.6 Å². The lowest BCUT2D eigenvalue weighted by molar-refractivity contribution is -0.154. The first-order valence-corrected chi connectivity index (χ1v) is 28.8. The van der Waals surface area contributed by atoms with E-state index in [0.29, 0.717) is 6.42 Å². The predicted molar refractivity (Wildman–Crippen MR) is 310 cm³/mol. The van der Waals surface area contributed by atoms with Crippen LogP contribution in [-0.2, 0) is 52.7 Å². The van der Waals surface area contributed by atoms with Gasteiger partial charge in [0.15, 0.2) is 0 Å². The molecule has 0 spiro atoms. The van der Waals surface area contributed by atoms with Crippen molar-refractivity contribution in [1.82, 2.24) is 56.0 Å². The first-order valence-electron chi connectivity index (χ1n) is 28.8. The standard InChI is InChI=1S/C58H103N11O12/c1-23-25-26-36(13)49(72)48-54(77)61-40(24-2)57(80)64(17)30-45(71)66(19)43(28-32(5)6)52(75)63-46(34(9)10)53(76)62-41(27-31(3)4)51(74)59-37(14)50(73)60-38(15)55(78)65(18)39(16)56(79)67(20)42(33(7)8)29-44(70)68(21)47(35(11)12)58(81)69(48)22/h23,25,31-43,46-49,72H,24,26-30H2,1-22H3,(H,59,74)(H,60,73)(H,61,77)(H,62,76)(H,63,75)/b25-23+/t36-,37+,38-,39+,40+,41+,42-,43+,46+,47+,48+,49-/m1/s1. The van der Waals surface area contributed by atoms with Crippen LogP contribution in [0.2, 0.25) is 0 Å². The fourth-order valence-corrected chi connectivity index (χ4v) is 9.87. The number of rotatable bonds is 12. The Balaban J connectivity index is 4.09. The lowest BCUT2D eigenvalue weighted by atomic mass is 9.91. The third-order valence-corrected chi connectivity index (χ3v) is 15.4. The number of aliphatic hydroxyl groups excluding tert-OH is 1. The van der Waals surface area contributed by atoms with Crippen molar-refractivity contribution in [3.8, 4) is 0 Å². The summed E-state index contributed by atoms with van der Waals surface area (Å²) in [5.74, 6) is -9.58. The molecule has 23 heteroatoms. The first kappa shape index (κ1) is 72.9. The highest BCUT2D eigenvalue weighted by Gasteiger charge is 2.44. The SMILES string of the molecule is C/C=C/C[C@@H](C)[C@@H](O)[C@H]1C(=O)N[C@@H](CC)C(=O)N(C)CC(=O)N(C)[C@@H](CC(C)C)C(=O)N[C@@H](C(C)C)C(=O)N[C@@H](CC(C)C)C(=O)N[C@@H](C)C(=O)N[C@H](C)C(=O)N(C)[C@@H](C)C(=O)N(C)[C@@H](C(C)C)CC(=O)N(C)[C@@H](C(C)C)C(=O)N1C. The zero-order valence-corrected chi connectivity index (χ0v) is 52.8. The van der Waals surface area contributed by atoms with Crippen LogP contribution in [0.4, 0.5) is 0 Å². The molecule has 0 saturated carbocycles. The van der Waals surface area contributed by atoms with Crippen LogP contribution in [0.1, 0.15) is 143 Å². The fraction of sp³-hybridized carbons (Fsp3) is 0.776. The third-order valence-electron chi connectivity index (χ3n) is 15.4. The normalized spacial score (nSPS) is 27.6. The first-order chi connectivity index (χ1) is 37.4. The van der Waals surface area contributed by atoms with Gasteiger partial charge < -0.3 is 61.1 Å². The molecule has 1 aliphatic rings. The van der Waals surface area contributed by atoms with Crippen LogP contribution >= 0.6 is 0 Å². The lowest BCUT2D eigenvalue weighted by Crippen LogP contribution is -2.62. The summed E-state index contributed by atoms with van der Waals surface area (Å²) in [6.07, 6.45) is 2.51. The molecule has 1 aliphatic heterocycles. The molecule has 1 rings (SSSR count). The van der Waals surface area contributed by atoms with Gasteiger partial charge in [0.2, 0.25) is 65.0 Å². The molecule has 0 unspecified atom stereocenters. The summed E-state index contributed by atoms with van der Waals surface area (Å²) in [5.41, 5.74) is 0. The average Bonchev–Trinajstić information content (AvgIpc) is 3.48. The monoisotopic (exact) mass is 1150 g/mol. The summed E-state index contributed by atoms with van der Waals surface area (Å²) in [6.45, 7) is 26.8. The molecule has 6 N–H and O–H groups in total. The van der Waals surface area contributed by atoms with E-state index in [-0.39, 0.29) is 43.4 Å². The van der Waals surface area contributed by atoms with Gasteiger partial charge in [-0.2, -0.15) is 0 Å². The highest BCUT2D eigenvalue weighted by atomic mass is 16.3. The van der Waals surface area contributed by atoms with Crippen LogP contribution < -0.4 is 26.6 Å². The van der Waals surface area contributed by atoms with E-state index in [4.69, 9.17) is 0 Å². The van der Waals surface area contributed by atoms with Gasteiger partial charge in [0, 0.05) is 54.7 Å². The number of likely N-dealkylation sites (N-methyl/N-ethyl adjacent to an activating group) is 6. The van der Waals surface area contributed by atoms with Crippen molar-refractivity contribution >= 4 is 65.0 Å². The second-order valence-electron chi connectivity index (χ2n) is 24.1. The highest BCUT2D eigenvalue weighted by Crippen LogP contribution is 2.24. The van der Waals surface area contributed by atoms with E-state index in [1.54, 1.807) is 60.6 Å². The van der Waals surface area contributed by atoms with Gasteiger partial charge in [-0.15, -0.1) is 0 Å². The van der Waals surface area contributed by atoms with Crippen molar-refractivity contribution < 1.29 is 57.8 Å². The largest absolute Gasteiger partial charge is 0.390 e. The molecule has 1 saturated heterocycles. The average molecular weight is 1150 g/mol. The summed E-state index contributed by atoms with van der Waals surface area (Å²) >= 11 is 0. The van der Waals surface area contributed by atoms with Gasteiger partial charge in [-0.25, -0.2) is 0 Å².